The summed E-state index contributed by atoms with van der Waals surface area (Å²) in [5.74, 6) is 3.50. The molecule has 150 valence electrons. The number of thioether (sulfide) groups is 1. The summed E-state index contributed by atoms with van der Waals surface area (Å²) in [5, 5.41) is 17.8. The normalized spacial score (nSPS) is 14.6. The quantitative estimate of drug-likeness (QED) is 0.403. The summed E-state index contributed by atoms with van der Waals surface area (Å²) in [4.78, 5) is 6.80. The Kier molecular flexibility index (Phi) is 5.35. The van der Waals surface area contributed by atoms with Crippen molar-refractivity contribution in [2.75, 3.05) is 18.0 Å². The lowest BCUT2D eigenvalue weighted by Gasteiger charge is -2.27. The lowest BCUT2D eigenvalue weighted by atomic mass is 10.1. The van der Waals surface area contributed by atoms with Gasteiger partial charge in [0.1, 0.15) is 5.76 Å². The summed E-state index contributed by atoms with van der Waals surface area (Å²) >= 11 is 3.16. The Morgan fingerprint density at radius 1 is 1.14 bits per heavy atom. The fourth-order valence-electron chi connectivity index (χ4n) is 3.36. The molecule has 0 saturated carbocycles. The summed E-state index contributed by atoms with van der Waals surface area (Å²) in [6.45, 7) is 2.61. The smallest absolute Gasteiger partial charge is 0.237 e. The molecule has 0 aromatic carbocycles. The SMILES string of the molecule is c1coc(Cn2c(SCc3nc(-c4ccsc4)no3)nnc2N2CCCCC2)c1. The van der Waals surface area contributed by atoms with Gasteiger partial charge in [0.05, 0.1) is 18.6 Å². The molecular weight excluding hydrogens is 408 g/mol. The fraction of sp³-hybridized carbons (Fsp3) is 0.368. The van der Waals surface area contributed by atoms with Gasteiger partial charge in [-0.25, -0.2) is 0 Å². The topological polar surface area (TPSA) is 86.0 Å². The largest absolute Gasteiger partial charge is 0.467 e. The van der Waals surface area contributed by atoms with Gasteiger partial charge < -0.3 is 13.8 Å². The molecule has 0 N–H and O–H groups in total. The third-order valence-corrected chi connectivity index (χ3v) is 6.44. The molecule has 0 spiro atoms. The Labute approximate surface area is 175 Å². The molecule has 1 aliphatic heterocycles. The zero-order valence-corrected chi connectivity index (χ0v) is 17.4. The van der Waals surface area contributed by atoms with Crippen molar-refractivity contribution in [1.29, 1.82) is 0 Å². The molecule has 5 heterocycles. The van der Waals surface area contributed by atoms with E-state index < -0.39 is 0 Å². The number of anilines is 1. The molecule has 10 heteroatoms. The Bertz CT molecular complexity index is 1040. The van der Waals surface area contributed by atoms with Crippen molar-refractivity contribution in [2.24, 2.45) is 0 Å². The molecule has 1 aliphatic rings. The maximum absolute atomic E-state index is 5.57. The molecule has 29 heavy (non-hydrogen) atoms. The van der Waals surface area contributed by atoms with Crippen molar-refractivity contribution in [3.63, 3.8) is 0 Å². The van der Waals surface area contributed by atoms with Crippen molar-refractivity contribution in [3.8, 4) is 11.4 Å². The van der Waals surface area contributed by atoms with Crippen LogP contribution in [0.1, 0.15) is 30.9 Å². The zero-order valence-electron chi connectivity index (χ0n) is 15.7. The maximum Gasteiger partial charge on any atom is 0.237 e. The Morgan fingerprint density at radius 3 is 2.86 bits per heavy atom. The van der Waals surface area contributed by atoms with Crippen LogP contribution in [0.2, 0.25) is 0 Å². The minimum atomic E-state index is 0.535. The fourth-order valence-corrected chi connectivity index (χ4v) is 4.77. The van der Waals surface area contributed by atoms with Crippen molar-refractivity contribution < 1.29 is 8.94 Å². The highest BCUT2D eigenvalue weighted by Crippen LogP contribution is 2.28. The predicted molar refractivity (Wildman–Crippen MR) is 111 cm³/mol. The second-order valence-corrected chi connectivity index (χ2v) is 8.53. The van der Waals surface area contributed by atoms with Crippen LogP contribution in [-0.2, 0) is 12.3 Å². The number of thiophene rings is 1. The molecule has 0 amide bonds. The molecule has 4 aromatic rings. The molecule has 8 nitrogen and oxygen atoms in total. The minimum absolute atomic E-state index is 0.535. The first-order valence-corrected chi connectivity index (χ1v) is 11.5. The molecule has 0 bridgehead atoms. The third-order valence-electron chi connectivity index (χ3n) is 4.80. The monoisotopic (exact) mass is 428 g/mol. The van der Waals surface area contributed by atoms with E-state index in [1.165, 1.54) is 19.3 Å². The highest BCUT2D eigenvalue weighted by Gasteiger charge is 2.22. The predicted octanol–water partition coefficient (Wildman–Crippen LogP) is 4.31. The van der Waals surface area contributed by atoms with Crippen LogP contribution in [0, 0.1) is 0 Å². The number of nitrogens with zero attached hydrogens (tertiary/aromatic N) is 6. The first-order valence-electron chi connectivity index (χ1n) is 9.55. The van der Waals surface area contributed by atoms with Crippen LogP contribution in [0.3, 0.4) is 0 Å². The van der Waals surface area contributed by atoms with Gasteiger partial charge in [-0.3, -0.25) is 4.57 Å². The third kappa shape index (κ3) is 4.08. The first kappa shape index (κ1) is 18.4. The molecule has 0 radical (unpaired) electrons. The Morgan fingerprint density at radius 2 is 2.07 bits per heavy atom. The van der Waals surface area contributed by atoms with Gasteiger partial charge >= 0.3 is 0 Å². The summed E-state index contributed by atoms with van der Waals surface area (Å²) in [5.41, 5.74) is 0.975. The van der Waals surface area contributed by atoms with Gasteiger partial charge in [-0.2, -0.15) is 16.3 Å². The molecule has 0 unspecified atom stereocenters. The number of rotatable bonds is 7. The van der Waals surface area contributed by atoms with Gasteiger partial charge in [0.2, 0.25) is 17.7 Å². The summed E-state index contributed by atoms with van der Waals surface area (Å²) in [7, 11) is 0. The van der Waals surface area contributed by atoms with E-state index >= 15 is 0 Å². The van der Waals surface area contributed by atoms with Crippen LogP contribution < -0.4 is 4.90 Å². The van der Waals surface area contributed by atoms with Crippen LogP contribution in [0.4, 0.5) is 5.95 Å². The van der Waals surface area contributed by atoms with Gasteiger partial charge in [-0.1, -0.05) is 16.9 Å². The lowest BCUT2D eigenvalue weighted by Crippen LogP contribution is -2.32. The number of furan rings is 1. The van der Waals surface area contributed by atoms with Crippen LogP contribution in [0.25, 0.3) is 11.4 Å². The van der Waals surface area contributed by atoms with Crippen molar-refractivity contribution in [3.05, 3.63) is 46.9 Å². The number of hydrogen-bond acceptors (Lipinski definition) is 9. The van der Waals surface area contributed by atoms with Gasteiger partial charge in [0.15, 0.2) is 5.16 Å². The van der Waals surface area contributed by atoms with Gasteiger partial charge in [-0.05, 0) is 42.8 Å². The average molecular weight is 429 g/mol. The van der Waals surface area contributed by atoms with Crippen molar-refractivity contribution in [2.45, 2.75) is 36.7 Å². The molecule has 1 fully saturated rings. The van der Waals surface area contributed by atoms with E-state index in [0.717, 1.165) is 35.5 Å². The molecule has 4 aromatic heterocycles. The second-order valence-electron chi connectivity index (χ2n) is 6.81. The number of piperidine rings is 1. The average Bonchev–Trinajstić information content (AvgIpc) is 3.55. The lowest BCUT2D eigenvalue weighted by molar-refractivity contribution is 0.391. The Balaban J connectivity index is 1.35. The van der Waals surface area contributed by atoms with Crippen LogP contribution >= 0.6 is 23.1 Å². The molecule has 1 saturated heterocycles. The molecule has 0 atom stereocenters. The number of aromatic nitrogens is 5. The van der Waals surface area contributed by atoms with E-state index in [0.29, 0.717) is 24.0 Å². The van der Waals surface area contributed by atoms with E-state index in [1.807, 2.05) is 29.0 Å². The van der Waals surface area contributed by atoms with E-state index in [1.54, 1.807) is 29.4 Å². The summed E-state index contributed by atoms with van der Waals surface area (Å²) in [6.07, 6.45) is 5.33. The highest BCUT2D eigenvalue weighted by molar-refractivity contribution is 7.98. The van der Waals surface area contributed by atoms with Crippen molar-refractivity contribution in [1.82, 2.24) is 24.9 Å². The van der Waals surface area contributed by atoms with Crippen LogP contribution in [-0.4, -0.2) is 38.0 Å². The Hall–Kier alpha value is -2.59. The minimum Gasteiger partial charge on any atom is -0.467 e. The van der Waals surface area contributed by atoms with Crippen LogP contribution in [0.15, 0.2) is 49.3 Å². The van der Waals surface area contributed by atoms with Crippen molar-refractivity contribution >= 4 is 29.0 Å². The zero-order chi connectivity index (χ0) is 19.5. The van der Waals surface area contributed by atoms with Gasteiger partial charge in [0, 0.05) is 24.0 Å². The molecular formula is C19H20N6O2S2. The molecule has 0 aliphatic carbocycles. The first-order chi connectivity index (χ1) is 14.4. The van der Waals surface area contributed by atoms with Gasteiger partial charge in [0.25, 0.3) is 0 Å². The summed E-state index contributed by atoms with van der Waals surface area (Å²) in [6, 6.07) is 5.86. The number of hydrogen-bond donors (Lipinski definition) is 0. The highest BCUT2D eigenvalue weighted by atomic mass is 32.2. The summed E-state index contributed by atoms with van der Waals surface area (Å²) < 4.78 is 13.1. The van der Waals surface area contributed by atoms with E-state index in [4.69, 9.17) is 8.94 Å². The molecule has 5 rings (SSSR count). The van der Waals surface area contributed by atoms with E-state index in [9.17, 15) is 0 Å². The van der Waals surface area contributed by atoms with Gasteiger partial charge in [-0.15, -0.1) is 10.2 Å². The van der Waals surface area contributed by atoms with E-state index in [-0.39, 0.29) is 0 Å². The van der Waals surface area contributed by atoms with E-state index in [2.05, 4.69) is 29.8 Å². The maximum atomic E-state index is 5.57. The second kappa shape index (κ2) is 8.42. The van der Waals surface area contributed by atoms with Crippen LogP contribution in [0.5, 0.6) is 0 Å². The standard InChI is InChI=1S/C19H20N6O2S2/c1-2-7-24(8-3-1)18-21-22-19(25(18)11-15-5-4-9-26-15)29-13-16-20-17(23-27-16)14-6-10-28-12-14/h4-6,9-10,12H,1-3,7-8,11,13H2.